The van der Waals surface area contributed by atoms with Gasteiger partial charge in [0.15, 0.2) is 0 Å². The molecule has 0 radical (unpaired) electrons. The maximum absolute atomic E-state index is 9.04. The maximum Gasteiger partial charge on any atom is 0.114 e. The lowest BCUT2D eigenvalue weighted by atomic mass is 10.2. The van der Waals surface area contributed by atoms with Gasteiger partial charge in [0, 0.05) is 7.11 Å². The van der Waals surface area contributed by atoms with Crippen LogP contribution in [0.4, 0.5) is 0 Å². The molecule has 1 atom stereocenters. The lowest BCUT2D eigenvalue weighted by molar-refractivity contribution is 0.170. The van der Waals surface area contributed by atoms with Crippen LogP contribution >= 0.6 is 0 Å². The van der Waals surface area contributed by atoms with Gasteiger partial charge in [-0.2, -0.15) is 0 Å². The highest BCUT2D eigenvalue weighted by Gasteiger charge is 2.14. The quantitative estimate of drug-likeness (QED) is 0.765. The zero-order chi connectivity index (χ0) is 10.6. The van der Waals surface area contributed by atoms with E-state index in [2.05, 4.69) is 24.2 Å². The Bertz CT molecular complexity index is 286. The molecule has 0 aliphatic carbocycles. The summed E-state index contributed by atoms with van der Waals surface area (Å²) in [6.07, 6.45) is 0.977. The zero-order valence-electron chi connectivity index (χ0n) is 8.90. The number of ether oxygens (including phenoxy) is 1. The average molecular weight is 199 g/mol. The van der Waals surface area contributed by atoms with Gasteiger partial charge >= 0.3 is 0 Å². The number of methoxy groups -OCH3 is 1. The van der Waals surface area contributed by atoms with E-state index >= 15 is 0 Å². The Morgan fingerprint density at radius 3 is 2.79 bits per heavy atom. The number of aliphatic hydroxyl groups excluding tert-OH is 1. The van der Waals surface area contributed by atoms with Crippen molar-refractivity contribution in [3.8, 4) is 0 Å². The fraction of sp³-hybridized carbons (Fsp3) is 0.778. The average Bonchev–Trinajstić information content (AvgIpc) is 2.60. The second kappa shape index (κ2) is 5.07. The van der Waals surface area contributed by atoms with Gasteiger partial charge in [0.1, 0.15) is 5.69 Å². The van der Waals surface area contributed by atoms with Crippen molar-refractivity contribution in [3.63, 3.8) is 0 Å². The van der Waals surface area contributed by atoms with E-state index in [9.17, 15) is 0 Å². The highest BCUT2D eigenvalue weighted by molar-refractivity contribution is 5.08. The van der Waals surface area contributed by atoms with E-state index in [1.165, 1.54) is 0 Å². The monoisotopic (exact) mass is 199 g/mol. The van der Waals surface area contributed by atoms with Gasteiger partial charge in [0.2, 0.25) is 0 Å². The first-order chi connectivity index (χ1) is 6.74. The summed E-state index contributed by atoms with van der Waals surface area (Å²) in [5.41, 5.74) is 1.47. The smallest absolute Gasteiger partial charge is 0.114 e. The lowest BCUT2D eigenvalue weighted by Crippen LogP contribution is -2.11. The summed E-state index contributed by atoms with van der Waals surface area (Å²) in [6, 6.07) is 0.285. The summed E-state index contributed by atoms with van der Waals surface area (Å²) < 4.78 is 6.87. The van der Waals surface area contributed by atoms with Gasteiger partial charge in [-0.1, -0.05) is 12.1 Å². The number of nitrogens with zero attached hydrogens (tertiary/aromatic N) is 3. The van der Waals surface area contributed by atoms with E-state index in [1.54, 1.807) is 7.11 Å². The number of aliphatic hydroxyl groups is 1. The van der Waals surface area contributed by atoms with Gasteiger partial charge in [-0.05, 0) is 13.3 Å². The van der Waals surface area contributed by atoms with Gasteiger partial charge in [-0.15, -0.1) is 5.10 Å². The van der Waals surface area contributed by atoms with Crippen molar-refractivity contribution in [1.29, 1.82) is 0 Å². The largest absolute Gasteiger partial charge is 0.390 e. The fourth-order valence-corrected chi connectivity index (χ4v) is 1.28. The van der Waals surface area contributed by atoms with Crippen LogP contribution in [0, 0.1) is 0 Å². The molecule has 1 unspecified atom stereocenters. The lowest BCUT2D eigenvalue weighted by Gasteiger charge is -2.12. The molecule has 0 aliphatic heterocycles. The Balaban J connectivity index is 2.97. The van der Waals surface area contributed by atoms with Crippen molar-refractivity contribution in [2.45, 2.75) is 39.5 Å². The highest BCUT2D eigenvalue weighted by atomic mass is 16.5. The molecular formula is C9H17N3O2. The van der Waals surface area contributed by atoms with Crippen LogP contribution in [-0.2, 0) is 18.0 Å². The molecule has 0 aliphatic rings. The van der Waals surface area contributed by atoms with Crippen LogP contribution < -0.4 is 0 Å². The van der Waals surface area contributed by atoms with Crippen molar-refractivity contribution >= 4 is 0 Å². The van der Waals surface area contributed by atoms with Crippen molar-refractivity contribution < 1.29 is 9.84 Å². The first kappa shape index (κ1) is 11.1. The van der Waals surface area contributed by atoms with Crippen molar-refractivity contribution in [2.24, 2.45) is 0 Å². The third-order valence-electron chi connectivity index (χ3n) is 2.31. The maximum atomic E-state index is 9.04. The van der Waals surface area contributed by atoms with Gasteiger partial charge in [-0.3, -0.25) is 0 Å². The van der Waals surface area contributed by atoms with Gasteiger partial charge in [0.05, 0.1) is 24.9 Å². The van der Waals surface area contributed by atoms with Crippen LogP contribution in [0.5, 0.6) is 0 Å². The van der Waals surface area contributed by atoms with Crippen LogP contribution in [-0.4, -0.2) is 27.2 Å². The Hall–Kier alpha value is -0.940. The molecular weight excluding hydrogens is 182 g/mol. The predicted molar refractivity (Wildman–Crippen MR) is 51.7 cm³/mol. The van der Waals surface area contributed by atoms with Crippen LogP contribution in [0.2, 0.25) is 0 Å². The molecule has 1 aromatic rings. The first-order valence-electron chi connectivity index (χ1n) is 4.77. The van der Waals surface area contributed by atoms with E-state index in [4.69, 9.17) is 9.84 Å². The molecule has 5 heteroatoms. The SMILES string of the molecule is CCC(C)n1nnc(CO)c1COC. The van der Waals surface area contributed by atoms with Gasteiger partial charge in [-0.25, -0.2) is 4.68 Å². The minimum atomic E-state index is -0.0882. The molecule has 0 aromatic carbocycles. The van der Waals surface area contributed by atoms with Gasteiger partial charge < -0.3 is 9.84 Å². The summed E-state index contributed by atoms with van der Waals surface area (Å²) >= 11 is 0. The molecule has 1 heterocycles. The molecule has 0 amide bonds. The Labute approximate surface area is 83.7 Å². The molecule has 1 N–H and O–H groups in total. The topological polar surface area (TPSA) is 60.2 Å². The molecule has 0 saturated heterocycles. The number of rotatable bonds is 5. The third kappa shape index (κ3) is 2.10. The van der Waals surface area contributed by atoms with Crippen molar-refractivity contribution in [1.82, 2.24) is 15.0 Å². The standard InChI is InChI=1S/C9H17N3O2/c1-4-7(2)12-9(6-14-3)8(5-13)10-11-12/h7,13H,4-6H2,1-3H3. The molecule has 0 spiro atoms. The minimum Gasteiger partial charge on any atom is -0.390 e. The summed E-state index contributed by atoms with van der Waals surface area (Å²) in [5, 5.41) is 16.9. The summed E-state index contributed by atoms with van der Waals surface area (Å²) in [6.45, 7) is 4.50. The molecule has 80 valence electrons. The molecule has 1 rings (SSSR count). The fourth-order valence-electron chi connectivity index (χ4n) is 1.28. The van der Waals surface area contributed by atoms with Crippen LogP contribution in [0.3, 0.4) is 0 Å². The first-order valence-corrected chi connectivity index (χ1v) is 4.77. The molecule has 0 saturated carbocycles. The van der Waals surface area contributed by atoms with Crippen molar-refractivity contribution in [3.05, 3.63) is 11.4 Å². The normalized spacial score (nSPS) is 13.1. The number of hydrogen-bond donors (Lipinski definition) is 1. The molecule has 0 fully saturated rings. The zero-order valence-corrected chi connectivity index (χ0v) is 8.90. The minimum absolute atomic E-state index is 0.0882. The molecule has 0 bridgehead atoms. The molecule has 5 nitrogen and oxygen atoms in total. The summed E-state index contributed by atoms with van der Waals surface area (Å²) in [4.78, 5) is 0. The predicted octanol–water partition coefficient (Wildman–Crippen LogP) is 0.888. The van der Waals surface area contributed by atoms with E-state index < -0.39 is 0 Å². The summed E-state index contributed by atoms with van der Waals surface area (Å²) in [7, 11) is 1.62. The summed E-state index contributed by atoms with van der Waals surface area (Å²) in [5.74, 6) is 0. The van der Waals surface area contributed by atoms with Crippen LogP contribution in [0.1, 0.15) is 37.7 Å². The second-order valence-corrected chi connectivity index (χ2v) is 3.28. The highest BCUT2D eigenvalue weighted by Crippen LogP contribution is 2.15. The van der Waals surface area contributed by atoms with E-state index in [-0.39, 0.29) is 12.6 Å². The van der Waals surface area contributed by atoms with Gasteiger partial charge in [0.25, 0.3) is 0 Å². The second-order valence-electron chi connectivity index (χ2n) is 3.28. The van der Waals surface area contributed by atoms with E-state index in [0.29, 0.717) is 12.3 Å². The number of hydrogen-bond acceptors (Lipinski definition) is 4. The van der Waals surface area contributed by atoms with Crippen LogP contribution in [0.15, 0.2) is 0 Å². The Morgan fingerprint density at radius 2 is 2.29 bits per heavy atom. The van der Waals surface area contributed by atoms with E-state index in [0.717, 1.165) is 12.1 Å². The van der Waals surface area contributed by atoms with E-state index in [1.807, 2.05) is 4.68 Å². The molecule has 1 aromatic heterocycles. The number of aromatic nitrogens is 3. The molecule has 14 heavy (non-hydrogen) atoms. The Morgan fingerprint density at radius 1 is 1.57 bits per heavy atom. The van der Waals surface area contributed by atoms with Crippen LogP contribution in [0.25, 0.3) is 0 Å². The van der Waals surface area contributed by atoms with Crippen molar-refractivity contribution in [2.75, 3.05) is 7.11 Å². The third-order valence-corrected chi connectivity index (χ3v) is 2.31. The Kier molecular flexibility index (Phi) is 4.03.